The summed E-state index contributed by atoms with van der Waals surface area (Å²) in [6, 6.07) is 10.6. The summed E-state index contributed by atoms with van der Waals surface area (Å²) >= 11 is 0. The molecule has 0 amide bonds. The molecule has 2 aromatic rings. The minimum atomic E-state index is -4.12. The van der Waals surface area contributed by atoms with Gasteiger partial charge in [0, 0.05) is 6.07 Å². The number of methoxy groups -OCH3 is 1. The first-order valence-corrected chi connectivity index (χ1v) is 7.22. The second-order valence-corrected chi connectivity index (χ2v) is 5.65. The Morgan fingerprint density at radius 1 is 1.10 bits per heavy atom. The Morgan fingerprint density at radius 3 is 2.35 bits per heavy atom. The normalized spacial score (nSPS) is 11.1. The van der Waals surface area contributed by atoms with Crippen molar-refractivity contribution in [3.63, 3.8) is 0 Å². The van der Waals surface area contributed by atoms with Crippen molar-refractivity contribution < 1.29 is 22.4 Å². The number of hydrogen-bond acceptors (Lipinski definition) is 5. The van der Waals surface area contributed by atoms with E-state index in [0.29, 0.717) is 11.3 Å². The van der Waals surface area contributed by atoms with Crippen molar-refractivity contribution >= 4 is 10.1 Å². The number of rotatable bonds is 4. The maximum atomic E-state index is 12.2. The standard InChI is InChI=1S/C14H14O5S/c1-10-8-12(15)14(9-13(10)18-2)20(16,17)19-11-6-4-3-5-7-11/h3-9,15H,1-2H3. The van der Waals surface area contributed by atoms with Crippen LogP contribution in [0.25, 0.3) is 0 Å². The highest BCUT2D eigenvalue weighted by Crippen LogP contribution is 2.32. The van der Waals surface area contributed by atoms with Gasteiger partial charge in [-0.05, 0) is 30.7 Å². The van der Waals surface area contributed by atoms with Crippen LogP contribution in [-0.2, 0) is 10.1 Å². The molecular weight excluding hydrogens is 280 g/mol. The number of phenols is 1. The molecule has 2 rings (SSSR count). The van der Waals surface area contributed by atoms with Gasteiger partial charge >= 0.3 is 10.1 Å². The minimum absolute atomic E-state index is 0.173. The van der Waals surface area contributed by atoms with Crippen molar-refractivity contribution in [3.05, 3.63) is 48.0 Å². The first kappa shape index (κ1) is 14.2. The zero-order valence-electron chi connectivity index (χ0n) is 11.0. The fourth-order valence-electron chi connectivity index (χ4n) is 1.72. The van der Waals surface area contributed by atoms with Gasteiger partial charge in [0.15, 0.2) is 4.90 Å². The molecule has 0 atom stereocenters. The highest BCUT2D eigenvalue weighted by atomic mass is 32.2. The predicted octanol–water partition coefficient (Wildman–Crippen LogP) is 2.48. The van der Waals surface area contributed by atoms with Gasteiger partial charge < -0.3 is 14.0 Å². The smallest absolute Gasteiger partial charge is 0.343 e. The first-order valence-electron chi connectivity index (χ1n) is 5.81. The molecule has 0 aliphatic heterocycles. The van der Waals surface area contributed by atoms with Crippen molar-refractivity contribution in [2.45, 2.75) is 11.8 Å². The van der Waals surface area contributed by atoms with Crippen molar-refractivity contribution in [2.24, 2.45) is 0 Å². The van der Waals surface area contributed by atoms with E-state index in [1.54, 1.807) is 25.1 Å². The van der Waals surface area contributed by atoms with Crippen LogP contribution in [0.4, 0.5) is 0 Å². The van der Waals surface area contributed by atoms with Gasteiger partial charge in [0.25, 0.3) is 0 Å². The van der Waals surface area contributed by atoms with Crippen LogP contribution >= 0.6 is 0 Å². The van der Waals surface area contributed by atoms with Gasteiger partial charge in [-0.15, -0.1) is 0 Å². The lowest BCUT2D eigenvalue weighted by atomic mass is 10.2. The van der Waals surface area contributed by atoms with E-state index in [-0.39, 0.29) is 16.4 Å². The van der Waals surface area contributed by atoms with Gasteiger partial charge in [-0.3, -0.25) is 0 Å². The summed E-state index contributed by atoms with van der Waals surface area (Å²) in [6.07, 6.45) is 0. The van der Waals surface area contributed by atoms with E-state index in [4.69, 9.17) is 8.92 Å². The molecular formula is C14H14O5S. The second-order valence-electron chi connectivity index (χ2n) is 4.14. The van der Waals surface area contributed by atoms with Gasteiger partial charge in [0.05, 0.1) is 7.11 Å². The highest BCUT2D eigenvalue weighted by Gasteiger charge is 2.23. The molecule has 5 nitrogen and oxygen atoms in total. The second kappa shape index (κ2) is 5.42. The topological polar surface area (TPSA) is 72.8 Å². The molecule has 6 heteroatoms. The number of aromatic hydroxyl groups is 1. The maximum Gasteiger partial charge on any atom is 0.343 e. The Hall–Kier alpha value is -2.21. The van der Waals surface area contributed by atoms with Crippen molar-refractivity contribution in [1.82, 2.24) is 0 Å². The predicted molar refractivity (Wildman–Crippen MR) is 73.7 cm³/mol. The van der Waals surface area contributed by atoms with Crippen LogP contribution in [-0.4, -0.2) is 20.6 Å². The highest BCUT2D eigenvalue weighted by molar-refractivity contribution is 7.87. The third kappa shape index (κ3) is 2.85. The molecule has 0 saturated carbocycles. The van der Waals surface area contributed by atoms with Crippen molar-refractivity contribution in [1.29, 1.82) is 0 Å². The van der Waals surface area contributed by atoms with E-state index < -0.39 is 10.1 Å². The number of para-hydroxylation sites is 1. The molecule has 0 spiro atoms. The Bertz CT molecular complexity index is 708. The lowest BCUT2D eigenvalue weighted by Crippen LogP contribution is -2.10. The van der Waals surface area contributed by atoms with Gasteiger partial charge in [-0.1, -0.05) is 18.2 Å². The van der Waals surface area contributed by atoms with Gasteiger partial charge in [0.2, 0.25) is 0 Å². The van der Waals surface area contributed by atoms with Crippen molar-refractivity contribution in [2.75, 3.05) is 7.11 Å². The van der Waals surface area contributed by atoms with Crippen LogP contribution in [0.1, 0.15) is 5.56 Å². The molecule has 2 aromatic carbocycles. The molecule has 20 heavy (non-hydrogen) atoms. The monoisotopic (exact) mass is 294 g/mol. The van der Waals surface area contributed by atoms with Crippen LogP contribution < -0.4 is 8.92 Å². The van der Waals surface area contributed by atoms with E-state index in [0.717, 1.165) is 0 Å². The van der Waals surface area contributed by atoms with Gasteiger partial charge in [-0.2, -0.15) is 8.42 Å². The summed E-state index contributed by atoms with van der Waals surface area (Å²) < 4.78 is 34.3. The summed E-state index contributed by atoms with van der Waals surface area (Å²) in [5, 5.41) is 9.81. The zero-order valence-corrected chi connectivity index (χ0v) is 11.8. The summed E-state index contributed by atoms with van der Waals surface area (Å²) in [7, 11) is -2.70. The molecule has 0 radical (unpaired) electrons. The van der Waals surface area contributed by atoms with Gasteiger partial charge in [-0.25, -0.2) is 0 Å². The Morgan fingerprint density at radius 2 is 1.75 bits per heavy atom. The summed E-state index contributed by atoms with van der Waals surface area (Å²) in [5.41, 5.74) is 0.628. The van der Waals surface area contributed by atoms with Crippen LogP contribution in [0.5, 0.6) is 17.2 Å². The molecule has 0 aromatic heterocycles. The van der Waals surface area contributed by atoms with E-state index in [1.807, 2.05) is 0 Å². The molecule has 0 unspecified atom stereocenters. The van der Waals surface area contributed by atoms with Crippen LogP contribution in [0.15, 0.2) is 47.4 Å². The van der Waals surface area contributed by atoms with E-state index in [1.165, 1.54) is 31.4 Å². The fourth-order valence-corrected chi connectivity index (χ4v) is 2.74. The van der Waals surface area contributed by atoms with E-state index >= 15 is 0 Å². The molecule has 0 saturated heterocycles. The number of ether oxygens (including phenoxy) is 1. The molecule has 0 fully saturated rings. The number of phenolic OH excluding ortho intramolecular Hbond substituents is 1. The number of benzene rings is 2. The summed E-state index contributed by atoms with van der Waals surface area (Å²) in [5.74, 6) is 0.156. The van der Waals surface area contributed by atoms with Crippen molar-refractivity contribution in [3.8, 4) is 17.2 Å². The largest absolute Gasteiger partial charge is 0.506 e. The third-order valence-electron chi connectivity index (χ3n) is 2.69. The van der Waals surface area contributed by atoms with Gasteiger partial charge in [0.1, 0.15) is 17.2 Å². The summed E-state index contributed by atoms with van der Waals surface area (Å²) in [6.45, 7) is 1.70. The minimum Gasteiger partial charge on any atom is -0.506 e. The van der Waals surface area contributed by atoms with Crippen LogP contribution in [0.3, 0.4) is 0 Å². The lowest BCUT2D eigenvalue weighted by Gasteiger charge is -2.11. The molecule has 0 heterocycles. The third-order valence-corrected chi connectivity index (χ3v) is 3.97. The molecule has 106 valence electrons. The number of hydrogen-bond donors (Lipinski definition) is 1. The lowest BCUT2D eigenvalue weighted by molar-refractivity contribution is 0.402. The Kier molecular flexibility index (Phi) is 3.85. The average molecular weight is 294 g/mol. The van der Waals surface area contributed by atoms with E-state index in [2.05, 4.69) is 0 Å². The summed E-state index contributed by atoms with van der Waals surface area (Å²) in [4.78, 5) is -0.330. The average Bonchev–Trinajstić information content (AvgIpc) is 2.39. The molecule has 0 aliphatic carbocycles. The molecule has 0 bridgehead atoms. The van der Waals surface area contributed by atoms with Crippen LogP contribution in [0.2, 0.25) is 0 Å². The SMILES string of the molecule is COc1cc(S(=O)(=O)Oc2ccccc2)c(O)cc1C. The van der Waals surface area contributed by atoms with E-state index in [9.17, 15) is 13.5 Å². The Labute approximate surface area is 117 Å². The number of aryl methyl sites for hydroxylation is 1. The molecule has 1 N–H and O–H groups in total. The molecule has 0 aliphatic rings. The fraction of sp³-hybridized carbons (Fsp3) is 0.143. The zero-order chi connectivity index (χ0) is 14.8. The van der Waals surface area contributed by atoms with Crippen LogP contribution in [0, 0.1) is 6.92 Å². The Balaban J connectivity index is 2.44. The quantitative estimate of drug-likeness (QED) is 0.877. The first-order chi connectivity index (χ1) is 9.44. The maximum absolute atomic E-state index is 12.2.